The third kappa shape index (κ3) is 3.48. The summed E-state index contributed by atoms with van der Waals surface area (Å²) in [5.41, 5.74) is -0.485. The summed E-state index contributed by atoms with van der Waals surface area (Å²) in [7, 11) is 0. The fourth-order valence-corrected chi connectivity index (χ4v) is 3.21. The van der Waals surface area contributed by atoms with Gasteiger partial charge in [-0.1, -0.05) is 0 Å². The normalized spacial score (nSPS) is 14.3. The number of hydrogen-bond acceptors (Lipinski definition) is 6. The molecule has 0 atom stereocenters. The van der Waals surface area contributed by atoms with Gasteiger partial charge in [-0.25, -0.2) is 15.0 Å². The van der Waals surface area contributed by atoms with Crippen molar-refractivity contribution in [3.05, 3.63) is 45.4 Å². The van der Waals surface area contributed by atoms with Crippen molar-refractivity contribution in [2.75, 3.05) is 0 Å². The Balaban J connectivity index is 1.94. The van der Waals surface area contributed by atoms with E-state index in [1.54, 1.807) is 0 Å². The molecule has 0 aromatic carbocycles. The van der Waals surface area contributed by atoms with Gasteiger partial charge < -0.3 is 0 Å². The van der Waals surface area contributed by atoms with Gasteiger partial charge in [0, 0.05) is 17.3 Å². The highest BCUT2D eigenvalue weighted by Gasteiger charge is 2.38. The number of aryl methyl sites for hydroxylation is 1. The highest BCUT2D eigenvalue weighted by atomic mass is 32.2. The monoisotopic (exact) mass is 356 g/mol. The molecule has 6 nitrogen and oxygen atoms in total. The average molecular weight is 356 g/mol. The molecule has 2 aromatic rings. The van der Waals surface area contributed by atoms with Crippen molar-refractivity contribution < 1.29 is 18.1 Å². The first-order valence-electron chi connectivity index (χ1n) is 7.10. The van der Waals surface area contributed by atoms with E-state index in [-0.39, 0.29) is 16.4 Å². The zero-order valence-corrected chi connectivity index (χ0v) is 13.0. The molecule has 0 amide bonds. The lowest BCUT2D eigenvalue weighted by Crippen LogP contribution is -2.19. The molecule has 0 saturated heterocycles. The summed E-state index contributed by atoms with van der Waals surface area (Å²) in [6, 6.07) is 2.59. The fourth-order valence-electron chi connectivity index (χ4n) is 2.49. The van der Waals surface area contributed by atoms with Crippen LogP contribution < -0.4 is 0 Å². The number of halogens is 3. The summed E-state index contributed by atoms with van der Waals surface area (Å²) < 4.78 is 39.7. The lowest BCUT2D eigenvalue weighted by Gasteiger charge is -2.20. The molecule has 0 bridgehead atoms. The summed E-state index contributed by atoms with van der Waals surface area (Å²) in [5, 5.41) is 10.8. The second-order valence-electron chi connectivity index (χ2n) is 5.20. The highest BCUT2D eigenvalue weighted by molar-refractivity contribution is 7.99. The van der Waals surface area contributed by atoms with Crippen molar-refractivity contribution in [3.63, 3.8) is 0 Å². The van der Waals surface area contributed by atoms with E-state index < -0.39 is 16.8 Å². The van der Waals surface area contributed by atoms with Crippen molar-refractivity contribution in [2.24, 2.45) is 0 Å². The Morgan fingerprint density at radius 1 is 1.17 bits per heavy atom. The van der Waals surface area contributed by atoms with Crippen LogP contribution in [-0.4, -0.2) is 19.9 Å². The maximum atomic E-state index is 13.2. The Kier molecular flexibility index (Phi) is 4.39. The van der Waals surface area contributed by atoms with Crippen molar-refractivity contribution in [2.45, 2.75) is 42.0 Å². The number of fused-ring (bicyclic) bond motifs is 1. The molecule has 1 aliphatic rings. The summed E-state index contributed by atoms with van der Waals surface area (Å²) in [4.78, 5) is 21.7. The maximum absolute atomic E-state index is 13.2. The number of rotatable bonds is 3. The van der Waals surface area contributed by atoms with Crippen LogP contribution in [0.4, 0.5) is 18.9 Å². The maximum Gasteiger partial charge on any atom is 0.433 e. The van der Waals surface area contributed by atoms with Gasteiger partial charge in [-0.05, 0) is 43.5 Å². The summed E-state index contributed by atoms with van der Waals surface area (Å²) in [6.45, 7) is 0. The van der Waals surface area contributed by atoms with Gasteiger partial charge in [-0.3, -0.25) is 10.1 Å². The predicted octanol–water partition coefficient (Wildman–Crippen LogP) is 3.83. The van der Waals surface area contributed by atoms with Gasteiger partial charge in [-0.2, -0.15) is 13.2 Å². The van der Waals surface area contributed by atoms with E-state index in [2.05, 4.69) is 15.0 Å². The number of hydrogen-bond donors (Lipinski definition) is 0. The third-order valence-electron chi connectivity index (χ3n) is 3.56. The highest BCUT2D eigenvalue weighted by Crippen LogP contribution is 2.36. The molecule has 0 aliphatic heterocycles. The molecule has 1 aliphatic carbocycles. The van der Waals surface area contributed by atoms with Gasteiger partial charge in [0.15, 0.2) is 10.9 Å². The Morgan fingerprint density at radius 3 is 2.54 bits per heavy atom. The molecule has 0 N–H and O–H groups in total. The first-order chi connectivity index (χ1) is 11.3. The molecule has 0 saturated carbocycles. The molecule has 2 aromatic heterocycles. The molecule has 2 heterocycles. The van der Waals surface area contributed by atoms with Crippen LogP contribution in [0.15, 0.2) is 28.5 Å². The van der Waals surface area contributed by atoms with Crippen LogP contribution in [0.25, 0.3) is 0 Å². The van der Waals surface area contributed by atoms with E-state index in [1.807, 2.05) is 0 Å². The third-order valence-corrected chi connectivity index (χ3v) is 4.37. The molecule has 24 heavy (non-hydrogen) atoms. The molecular weight excluding hydrogens is 345 g/mol. The van der Waals surface area contributed by atoms with Gasteiger partial charge in [0.1, 0.15) is 11.2 Å². The van der Waals surface area contributed by atoms with Gasteiger partial charge in [0.05, 0.1) is 4.92 Å². The standard InChI is InChI=1S/C14H11F3N4O2S/c15-14(16,17)12-9-3-1-2-4-10(9)19-13(20-12)24-11-6-5-8(7-18-11)21(22)23/h5-7H,1-4H2. The Morgan fingerprint density at radius 2 is 1.92 bits per heavy atom. The van der Waals surface area contributed by atoms with Crippen LogP contribution in [-0.2, 0) is 19.0 Å². The quantitative estimate of drug-likeness (QED) is 0.472. The number of aromatic nitrogens is 3. The number of alkyl halides is 3. The minimum absolute atomic E-state index is 0.0515. The second-order valence-corrected chi connectivity index (χ2v) is 6.19. The summed E-state index contributed by atoms with van der Waals surface area (Å²) >= 11 is 0.855. The number of pyridine rings is 1. The SMILES string of the molecule is O=[N+]([O-])c1ccc(Sc2nc3c(c(C(F)(F)F)n2)CCCC3)nc1. The molecular formula is C14H11F3N4O2S. The predicted molar refractivity (Wildman–Crippen MR) is 78.7 cm³/mol. The Hall–Kier alpha value is -2.23. The minimum Gasteiger partial charge on any atom is -0.258 e. The van der Waals surface area contributed by atoms with E-state index in [0.717, 1.165) is 24.4 Å². The van der Waals surface area contributed by atoms with E-state index in [1.165, 1.54) is 12.1 Å². The smallest absolute Gasteiger partial charge is 0.258 e. The Bertz CT molecular complexity index is 781. The topological polar surface area (TPSA) is 81.8 Å². The van der Waals surface area contributed by atoms with Crippen LogP contribution in [0, 0.1) is 10.1 Å². The van der Waals surface area contributed by atoms with Gasteiger partial charge in [-0.15, -0.1) is 0 Å². The van der Waals surface area contributed by atoms with Crippen LogP contribution in [0.3, 0.4) is 0 Å². The molecule has 126 valence electrons. The van der Waals surface area contributed by atoms with Crippen LogP contribution >= 0.6 is 11.8 Å². The van der Waals surface area contributed by atoms with E-state index >= 15 is 0 Å². The van der Waals surface area contributed by atoms with E-state index in [9.17, 15) is 23.3 Å². The van der Waals surface area contributed by atoms with Crippen LogP contribution in [0.1, 0.15) is 29.8 Å². The molecule has 0 spiro atoms. The first kappa shape index (κ1) is 16.6. The van der Waals surface area contributed by atoms with E-state index in [4.69, 9.17) is 0 Å². The van der Waals surface area contributed by atoms with Gasteiger partial charge >= 0.3 is 6.18 Å². The number of nitrogens with zero attached hydrogens (tertiary/aromatic N) is 4. The lowest BCUT2D eigenvalue weighted by molar-refractivity contribution is -0.385. The van der Waals surface area contributed by atoms with Crippen LogP contribution in [0.5, 0.6) is 0 Å². The van der Waals surface area contributed by atoms with Crippen molar-refractivity contribution in [3.8, 4) is 0 Å². The van der Waals surface area contributed by atoms with Gasteiger partial charge in [0.25, 0.3) is 5.69 Å². The molecule has 0 fully saturated rings. The minimum atomic E-state index is -4.54. The summed E-state index contributed by atoms with van der Waals surface area (Å²) in [5.74, 6) is 0. The van der Waals surface area contributed by atoms with Crippen LogP contribution in [0.2, 0.25) is 0 Å². The molecule has 3 rings (SSSR count). The van der Waals surface area contributed by atoms with Crippen molar-refractivity contribution in [1.82, 2.24) is 15.0 Å². The first-order valence-corrected chi connectivity index (χ1v) is 7.91. The number of nitro groups is 1. The molecule has 0 radical (unpaired) electrons. The lowest BCUT2D eigenvalue weighted by atomic mass is 9.94. The fraction of sp³-hybridized carbons (Fsp3) is 0.357. The summed E-state index contributed by atoms with van der Waals surface area (Å²) in [6.07, 6.45) is -1.20. The second kappa shape index (κ2) is 6.34. The van der Waals surface area contributed by atoms with Crippen molar-refractivity contribution in [1.29, 1.82) is 0 Å². The average Bonchev–Trinajstić information content (AvgIpc) is 2.53. The molecule has 0 unspecified atom stereocenters. The largest absolute Gasteiger partial charge is 0.433 e. The van der Waals surface area contributed by atoms with Crippen molar-refractivity contribution >= 4 is 17.4 Å². The zero-order valence-electron chi connectivity index (χ0n) is 12.2. The molecule has 10 heteroatoms. The van der Waals surface area contributed by atoms with E-state index in [0.29, 0.717) is 30.0 Å². The van der Waals surface area contributed by atoms with Gasteiger partial charge in [0.2, 0.25) is 0 Å². The Labute approximate surface area is 138 Å². The zero-order chi connectivity index (χ0) is 17.3.